The van der Waals surface area contributed by atoms with Crippen LogP contribution in [0.2, 0.25) is 0 Å². The number of aromatic nitrogens is 3. The third-order valence-electron chi connectivity index (χ3n) is 4.41. The molecule has 2 aromatic rings. The van der Waals surface area contributed by atoms with Crippen molar-refractivity contribution in [1.82, 2.24) is 19.2 Å². The van der Waals surface area contributed by atoms with Gasteiger partial charge in [0.15, 0.2) is 0 Å². The second kappa shape index (κ2) is 6.97. The van der Waals surface area contributed by atoms with E-state index >= 15 is 0 Å². The summed E-state index contributed by atoms with van der Waals surface area (Å²) < 4.78 is 8.97. The maximum atomic E-state index is 12.5. The Hall–Kier alpha value is -2.57. The molecule has 0 aromatic carbocycles. The summed E-state index contributed by atoms with van der Waals surface area (Å²) in [6, 6.07) is 3.95. The highest BCUT2D eigenvalue weighted by atomic mass is 16.5. The molecule has 0 fully saturated rings. The quantitative estimate of drug-likeness (QED) is 0.771. The van der Waals surface area contributed by atoms with E-state index in [-0.39, 0.29) is 30.3 Å². The van der Waals surface area contributed by atoms with E-state index < -0.39 is 0 Å². The van der Waals surface area contributed by atoms with Crippen molar-refractivity contribution in [2.24, 2.45) is 0 Å². The van der Waals surface area contributed by atoms with Crippen molar-refractivity contribution in [2.45, 2.75) is 59.2 Å². The van der Waals surface area contributed by atoms with E-state index in [2.05, 4.69) is 20.8 Å². The van der Waals surface area contributed by atoms with Gasteiger partial charge in [0, 0.05) is 24.4 Å². The van der Waals surface area contributed by atoms with Gasteiger partial charge in [-0.05, 0) is 39.8 Å². The van der Waals surface area contributed by atoms with E-state index in [1.54, 1.807) is 11.8 Å². The van der Waals surface area contributed by atoms with Gasteiger partial charge in [0.25, 0.3) is 0 Å². The Balaban J connectivity index is 1.79. The van der Waals surface area contributed by atoms with Crippen molar-refractivity contribution in [3.05, 3.63) is 35.8 Å². The van der Waals surface area contributed by atoms with Crippen LogP contribution >= 0.6 is 0 Å². The molecule has 0 radical (unpaired) electrons. The van der Waals surface area contributed by atoms with Gasteiger partial charge in [-0.1, -0.05) is 0 Å². The molecule has 3 heterocycles. The van der Waals surface area contributed by atoms with Crippen LogP contribution in [0.5, 0.6) is 0 Å². The molecule has 0 saturated heterocycles. The first-order chi connectivity index (χ1) is 12.3. The van der Waals surface area contributed by atoms with Crippen molar-refractivity contribution >= 4 is 11.9 Å². The van der Waals surface area contributed by atoms with E-state index in [9.17, 15) is 9.59 Å². The molecule has 2 aromatic heterocycles. The van der Waals surface area contributed by atoms with Crippen LogP contribution < -0.4 is 0 Å². The minimum atomic E-state index is -0.330. The first kappa shape index (κ1) is 18.2. The van der Waals surface area contributed by atoms with Gasteiger partial charge in [-0.15, -0.1) is 0 Å². The third kappa shape index (κ3) is 3.52. The zero-order chi connectivity index (χ0) is 18.9. The van der Waals surface area contributed by atoms with E-state index in [0.717, 1.165) is 17.1 Å². The average molecular weight is 358 g/mol. The Kier molecular flexibility index (Phi) is 4.89. The maximum Gasteiger partial charge on any atom is 0.306 e. The number of ether oxygens (including phenoxy) is 1. The van der Waals surface area contributed by atoms with Gasteiger partial charge in [-0.3, -0.25) is 9.59 Å². The minimum absolute atomic E-state index is 0.0446. The number of hydrogen-bond donors (Lipinski definition) is 0. The van der Waals surface area contributed by atoms with Crippen LogP contribution in [0.4, 0.5) is 0 Å². The monoisotopic (exact) mass is 358 g/mol. The predicted molar refractivity (Wildman–Crippen MR) is 96.7 cm³/mol. The Morgan fingerprint density at radius 1 is 1.15 bits per heavy atom. The number of carbonyl (C=O) groups excluding carboxylic acids is 2. The molecule has 3 rings (SSSR count). The van der Waals surface area contributed by atoms with E-state index in [0.29, 0.717) is 19.7 Å². The minimum Gasteiger partial charge on any atom is -0.466 e. The molecule has 0 N–H and O–H groups in total. The highest BCUT2D eigenvalue weighted by Crippen LogP contribution is 2.32. The summed E-state index contributed by atoms with van der Waals surface area (Å²) in [7, 11) is 0. The third-order valence-corrected chi connectivity index (χ3v) is 4.41. The average Bonchev–Trinajstić information content (AvgIpc) is 3.26. The predicted octanol–water partition coefficient (Wildman–Crippen LogP) is 2.61. The molecular formula is C19H26N4O3. The normalized spacial score (nSPS) is 13.8. The SMILES string of the molecule is CCOC(=O)CCC(=O)N1Cc2nn(C(C)(C)C)c(-n3cccc3)c2C1. The van der Waals surface area contributed by atoms with Crippen LogP contribution in [0, 0.1) is 0 Å². The highest BCUT2D eigenvalue weighted by molar-refractivity contribution is 5.82. The molecule has 0 bridgehead atoms. The number of fused-ring (bicyclic) bond motifs is 1. The Morgan fingerprint density at radius 3 is 2.46 bits per heavy atom. The molecule has 0 aliphatic carbocycles. The van der Waals surface area contributed by atoms with Gasteiger partial charge < -0.3 is 14.2 Å². The van der Waals surface area contributed by atoms with E-state index in [1.165, 1.54) is 0 Å². The smallest absolute Gasteiger partial charge is 0.306 e. The fraction of sp³-hybridized carbons (Fsp3) is 0.526. The lowest BCUT2D eigenvalue weighted by Gasteiger charge is -2.24. The maximum absolute atomic E-state index is 12.5. The van der Waals surface area contributed by atoms with Gasteiger partial charge in [-0.25, -0.2) is 4.68 Å². The van der Waals surface area contributed by atoms with Crippen molar-refractivity contribution in [2.75, 3.05) is 6.61 Å². The highest BCUT2D eigenvalue weighted by Gasteiger charge is 2.33. The Labute approximate surface area is 153 Å². The Bertz CT molecular complexity index is 800. The standard InChI is InChI=1S/C19H26N4O3/c1-5-26-17(25)9-8-16(24)22-12-14-15(13-22)20-23(19(2,3)4)18(14)21-10-6-7-11-21/h6-7,10-11H,5,8-9,12-13H2,1-4H3. The molecule has 0 atom stereocenters. The van der Waals surface area contributed by atoms with Crippen LogP contribution in [0.1, 0.15) is 51.8 Å². The van der Waals surface area contributed by atoms with E-state index in [4.69, 9.17) is 9.84 Å². The zero-order valence-electron chi connectivity index (χ0n) is 15.9. The molecule has 0 saturated carbocycles. The summed E-state index contributed by atoms with van der Waals surface area (Å²) in [6.45, 7) is 9.44. The summed E-state index contributed by atoms with van der Waals surface area (Å²) in [5.41, 5.74) is 1.83. The van der Waals surface area contributed by atoms with E-state index in [1.807, 2.05) is 33.8 Å². The van der Waals surface area contributed by atoms with Gasteiger partial charge >= 0.3 is 5.97 Å². The Morgan fingerprint density at radius 2 is 1.85 bits per heavy atom. The van der Waals surface area contributed by atoms with Gasteiger partial charge in [-0.2, -0.15) is 5.10 Å². The van der Waals surface area contributed by atoms with Crippen LogP contribution in [0.3, 0.4) is 0 Å². The summed E-state index contributed by atoms with van der Waals surface area (Å²) in [4.78, 5) is 25.7. The molecule has 1 amide bonds. The number of nitrogens with zero attached hydrogens (tertiary/aromatic N) is 4. The summed E-state index contributed by atoms with van der Waals surface area (Å²) in [5, 5.41) is 4.79. The van der Waals surface area contributed by atoms with Crippen molar-refractivity contribution in [3.8, 4) is 5.82 Å². The molecule has 1 aliphatic rings. The molecule has 0 unspecified atom stereocenters. The molecule has 140 valence electrons. The molecular weight excluding hydrogens is 332 g/mol. The lowest BCUT2D eigenvalue weighted by atomic mass is 10.1. The van der Waals surface area contributed by atoms with Gasteiger partial charge in [0.05, 0.1) is 37.4 Å². The summed E-state index contributed by atoms with van der Waals surface area (Å²) in [5.74, 6) is 0.624. The molecule has 26 heavy (non-hydrogen) atoms. The number of carbonyl (C=O) groups is 2. The van der Waals surface area contributed by atoms with Crippen LogP contribution in [0.15, 0.2) is 24.5 Å². The fourth-order valence-electron chi connectivity index (χ4n) is 3.19. The fourth-order valence-corrected chi connectivity index (χ4v) is 3.19. The van der Waals surface area contributed by atoms with Crippen molar-refractivity contribution in [3.63, 3.8) is 0 Å². The van der Waals surface area contributed by atoms with Gasteiger partial charge in [0.1, 0.15) is 5.82 Å². The molecule has 1 aliphatic heterocycles. The topological polar surface area (TPSA) is 69.4 Å². The lowest BCUT2D eigenvalue weighted by Crippen LogP contribution is -2.30. The largest absolute Gasteiger partial charge is 0.466 e. The van der Waals surface area contributed by atoms with Crippen LogP contribution in [0.25, 0.3) is 5.82 Å². The van der Waals surface area contributed by atoms with Crippen molar-refractivity contribution in [1.29, 1.82) is 0 Å². The first-order valence-electron chi connectivity index (χ1n) is 8.99. The number of esters is 1. The summed E-state index contributed by atoms with van der Waals surface area (Å²) >= 11 is 0. The zero-order valence-corrected chi connectivity index (χ0v) is 15.9. The van der Waals surface area contributed by atoms with Crippen LogP contribution in [-0.4, -0.2) is 37.7 Å². The number of hydrogen-bond acceptors (Lipinski definition) is 4. The summed E-state index contributed by atoms with van der Waals surface area (Å²) in [6.07, 6.45) is 4.27. The van der Waals surface area contributed by atoms with Crippen molar-refractivity contribution < 1.29 is 14.3 Å². The van der Waals surface area contributed by atoms with Gasteiger partial charge in [0.2, 0.25) is 5.91 Å². The van der Waals surface area contributed by atoms with Crippen LogP contribution in [-0.2, 0) is 33.0 Å². The second-order valence-corrected chi connectivity index (χ2v) is 7.48. The molecule has 7 nitrogen and oxygen atoms in total. The number of rotatable bonds is 5. The second-order valence-electron chi connectivity index (χ2n) is 7.48. The molecule has 0 spiro atoms. The molecule has 7 heteroatoms. The first-order valence-corrected chi connectivity index (χ1v) is 8.99. The number of amides is 1. The lowest BCUT2D eigenvalue weighted by molar-refractivity contribution is -0.145.